The van der Waals surface area contributed by atoms with Crippen molar-refractivity contribution in [1.82, 2.24) is 15.5 Å². The molecule has 2 aliphatic heterocycles. The maximum atomic E-state index is 12.9. The monoisotopic (exact) mass is 358 g/mol. The van der Waals surface area contributed by atoms with E-state index in [4.69, 9.17) is 0 Å². The number of anilines is 1. The van der Waals surface area contributed by atoms with Gasteiger partial charge < -0.3 is 10.6 Å². The molecule has 0 bridgehead atoms. The molecular weight excluding hydrogens is 336 g/mol. The summed E-state index contributed by atoms with van der Waals surface area (Å²) in [6.45, 7) is 1.59. The van der Waals surface area contributed by atoms with E-state index in [1.54, 1.807) is 18.2 Å². The second-order valence-corrected chi connectivity index (χ2v) is 6.41. The summed E-state index contributed by atoms with van der Waals surface area (Å²) in [5, 5.41) is 8.49. The van der Waals surface area contributed by atoms with Crippen molar-refractivity contribution < 1.29 is 19.2 Å². The fourth-order valence-corrected chi connectivity index (χ4v) is 3.31. The molecule has 0 saturated carbocycles. The molecule has 2 heterocycles. The van der Waals surface area contributed by atoms with Gasteiger partial charge in [0, 0.05) is 18.7 Å². The van der Waals surface area contributed by atoms with Crippen molar-refractivity contribution in [3.8, 4) is 0 Å². The standard InChI is InChI=1S/C18H22N4O4/c1-19-9-2-3-10-20-12-6-4-5-11-15(12)18(26)22(17(11)25)13-7-8-14(23)21-16(13)24/h4-6,13,19-20H,2-3,7-10H2,1H3,(H,21,23,24). The van der Waals surface area contributed by atoms with Gasteiger partial charge in [-0.2, -0.15) is 0 Å². The summed E-state index contributed by atoms with van der Waals surface area (Å²) >= 11 is 0. The van der Waals surface area contributed by atoms with Crippen LogP contribution in [0, 0.1) is 0 Å². The number of nitrogens with zero attached hydrogens (tertiary/aromatic N) is 1. The van der Waals surface area contributed by atoms with Crippen LogP contribution in [0.2, 0.25) is 0 Å². The average Bonchev–Trinajstić information content (AvgIpc) is 2.87. The lowest BCUT2D eigenvalue weighted by Crippen LogP contribution is -2.54. The molecule has 8 heteroatoms. The quantitative estimate of drug-likeness (QED) is 0.484. The Kier molecular flexibility index (Phi) is 5.32. The third kappa shape index (κ3) is 3.32. The number of rotatable bonds is 7. The number of carbonyl (C=O) groups excluding carboxylic acids is 4. The number of hydrogen-bond acceptors (Lipinski definition) is 6. The summed E-state index contributed by atoms with van der Waals surface area (Å²) < 4.78 is 0. The molecule has 2 aliphatic rings. The molecular formula is C18H22N4O4. The predicted molar refractivity (Wildman–Crippen MR) is 94.8 cm³/mol. The Morgan fingerprint density at radius 1 is 1.12 bits per heavy atom. The second-order valence-electron chi connectivity index (χ2n) is 6.41. The lowest BCUT2D eigenvalue weighted by molar-refractivity contribution is -0.136. The second kappa shape index (κ2) is 7.65. The largest absolute Gasteiger partial charge is 0.384 e. The predicted octanol–water partition coefficient (Wildman–Crippen LogP) is 0.499. The van der Waals surface area contributed by atoms with E-state index in [0.29, 0.717) is 23.4 Å². The highest BCUT2D eigenvalue weighted by Gasteiger charge is 2.45. The smallest absolute Gasteiger partial charge is 0.264 e. The van der Waals surface area contributed by atoms with Crippen LogP contribution in [0.15, 0.2) is 18.2 Å². The Morgan fingerprint density at radius 3 is 2.62 bits per heavy atom. The van der Waals surface area contributed by atoms with Gasteiger partial charge in [-0.05, 0) is 45.0 Å². The molecule has 8 nitrogen and oxygen atoms in total. The number of carbonyl (C=O) groups is 4. The summed E-state index contributed by atoms with van der Waals surface area (Å²) in [4.78, 5) is 50.0. The molecule has 1 aromatic rings. The van der Waals surface area contributed by atoms with E-state index >= 15 is 0 Å². The molecule has 0 aromatic heterocycles. The van der Waals surface area contributed by atoms with Crippen molar-refractivity contribution in [3.63, 3.8) is 0 Å². The van der Waals surface area contributed by atoms with Crippen molar-refractivity contribution in [2.24, 2.45) is 0 Å². The SMILES string of the molecule is CNCCCCNc1cccc2c1C(=O)N(C1CCC(=O)NC1=O)C2=O. The number of piperidine rings is 1. The van der Waals surface area contributed by atoms with E-state index in [2.05, 4.69) is 16.0 Å². The van der Waals surface area contributed by atoms with Crippen molar-refractivity contribution in [2.75, 3.05) is 25.5 Å². The van der Waals surface area contributed by atoms with E-state index in [1.807, 2.05) is 7.05 Å². The van der Waals surface area contributed by atoms with E-state index in [-0.39, 0.29) is 18.7 Å². The van der Waals surface area contributed by atoms with Gasteiger partial charge in [0.2, 0.25) is 11.8 Å². The van der Waals surface area contributed by atoms with Gasteiger partial charge in [0.1, 0.15) is 6.04 Å². The Balaban J connectivity index is 1.78. The molecule has 0 radical (unpaired) electrons. The summed E-state index contributed by atoms with van der Waals surface area (Å²) in [6, 6.07) is 4.13. The first kappa shape index (κ1) is 18.1. The minimum Gasteiger partial charge on any atom is -0.384 e. The Labute approximate surface area is 151 Å². The molecule has 138 valence electrons. The zero-order valence-electron chi connectivity index (χ0n) is 14.6. The van der Waals surface area contributed by atoms with Crippen LogP contribution >= 0.6 is 0 Å². The third-order valence-corrected chi connectivity index (χ3v) is 4.64. The highest BCUT2D eigenvalue weighted by Crippen LogP contribution is 2.32. The van der Waals surface area contributed by atoms with Crippen LogP contribution in [0.1, 0.15) is 46.4 Å². The molecule has 0 spiro atoms. The number of imide groups is 2. The summed E-state index contributed by atoms with van der Waals surface area (Å²) in [7, 11) is 1.89. The van der Waals surface area contributed by atoms with Gasteiger partial charge in [-0.15, -0.1) is 0 Å². The zero-order valence-corrected chi connectivity index (χ0v) is 14.6. The van der Waals surface area contributed by atoms with Gasteiger partial charge in [0.25, 0.3) is 11.8 Å². The first-order valence-corrected chi connectivity index (χ1v) is 8.77. The van der Waals surface area contributed by atoms with Crippen molar-refractivity contribution >= 4 is 29.3 Å². The summed E-state index contributed by atoms with van der Waals surface area (Å²) in [5.41, 5.74) is 1.19. The van der Waals surface area contributed by atoms with Crippen LogP contribution < -0.4 is 16.0 Å². The average molecular weight is 358 g/mol. The zero-order chi connectivity index (χ0) is 18.7. The van der Waals surface area contributed by atoms with Crippen molar-refractivity contribution in [2.45, 2.75) is 31.7 Å². The van der Waals surface area contributed by atoms with Gasteiger partial charge >= 0.3 is 0 Å². The molecule has 1 atom stereocenters. The van der Waals surface area contributed by atoms with Crippen LogP contribution in [0.4, 0.5) is 5.69 Å². The lowest BCUT2D eigenvalue weighted by atomic mass is 10.0. The molecule has 3 N–H and O–H groups in total. The minimum absolute atomic E-state index is 0.111. The molecule has 0 aliphatic carbocycles. The van der Waals surface area contributed by atoms with Crippen LogP contribution in [-0.2, 0) is 9.59 Å². The fourth-order valence-electron chi connectivity index (χ4n) is 3.31. The molecule has 4 amide bonds. The molecule has 1 aromatic carbocycles. The van der Waals surface area contributed by atoms with E-state index < -0.39 is 23.8 Å². The minimum atomic E-state index is -0.941. The molecule has 1 fully saturated rings. The van der Waals surface area contributed by atoms with Gasteiger partial charge in [-0.25, -0.2) is 0 Å². The van der Waals surface area contributed by atoms with Crippen LogP contribution in [0.3, 0.4) is 0 Å². The number of amides is 4. The fraction of sp³-hybridized carbons (Fsp3) is 0.444. The van der Waals surface area contributed by atoms with Gasteiger partial charge in [0.05, 0.1) is 11.1 Å². The number of benzene rings is 1. The first-order valence-electron chi connectivity index (χ1n) is 8.77. The van der Waals surface area contributed by atoms with E-state index in [0.717, 1.165) is 24.3 Å². The molecule has 1 saturated heterocycles. The van der Waals surface area contributed by atoms with Crippen molar-refractivity contribution in [3.05, 3.63) is 29.3 Å². The van der Waals surface area contributed by atoms with Crippen LogP contribution in [0.5, 0.6) is 0 Å². The van der Waals surface area contributed by atoms with E-state index in [9.17, 15) is 19.2 Å². The number of nitrogens with one attached hydrogen (secondary N) is 3. The van der Waals surface area contributed by atoms with Crippen LogP contribution in [0.25, 0.3) is 0 Å². The number of hydrogen-bond donors (Lipinski definition) is 3. The van der Waals surface area contributed by atoms with E-state index in [1.165, 1.54) is 0 Å². The van der Waals surface area contributed by atoms with Crippen molar-refractivity contribution in [1.29, 1.82) is 0 Å². The number of unbranched alkanes of at least 4 members (excludes halogenated alkanes) is 1. The highest BCUT2D eigenvalue weighted by molar-refractivity contribution is 6.25. The first-order chi connectivity index (χ1) is 12.5. The van der Waals surface area contributed by atoms with Gasteiger partial charge in [-0.1, -0.05) is 6.07 Å². The molecule has 26 heavy (non-hydrogen) atoms. The summed E-state index contributed by atoms with van der Waals surface area (Å²) in [6.07, 6.45) is 2.18. The third-order valence-electron chi connectivity index (χ3n) is 4.64. The molecule has 3 rings (SSSR count). The van der Waals surface area contributed by atoms with Crippen LogP contribution in [-0.4, -0.2) is 54.7 Å². The maximum absolute atomic E-state index is 12.9. The Bertz CT molecular complexity index is 762. The normalized spacial score (nSPS) is 19.6. The Morgan fingerprint density at radius 2 is 1.88 bits per heavy atom. The molecule has 1 unspecified atom stereocenters. The highest BCUT2D eigenvalue weighted by atomic mass is 16.2. The van der Waals surface area contributed by atoms with Gasteiger partial charge in [-0.3, -0.25) is 29.4 Å². The number of fused-ring (bicyclic) bond motifs is 1. The summed E-state index contributed by atoms with van der Waals surface area (Å²) in [5.74, 6) is -1.96. The topological polar surface area (TPSA) is 108 Å². The maximum Gasteiger partial charge on any atom is 0.264 e. The van der Waals surface area contributed by atoms with Gasteiger partial charge in [0.15, 0.2) is 0 Å². The lowest BCUT2D eigenvalue weighted by Gasteiger charge is -2.27. The Hall–Kier alpha value is -2.74.